The van der Waals surface area contributed by atoms with E-state index in [9.17, 15) is 24.0 Å². The molecule has 0 aromatic heterocycles. The van der Waals surface area contributed by atoms with Gasteiger partial charge in [0, 0.05) is 32.2 Å². The number of nitro groups is 1. The number of methoxy groups -OCH3 is 1. The Kier molecular flexibility index (Phi) is 7.29. The van der Waals surface area contributed by atoms with Crippen LogP contribution in [0.4, 0.5) is 14.5 Å². The van der Waals surface area contributed by atoms with Crippen LogP contribution in [0.5, 0.6) is 11.5 Å². The average Bonchev–Trinajstić information content (AvgIpc) is 2.56. The quantitative estimate of drug-likeness (QED) is 0.502. The molecule has 1 saturated heterocycles. The lowest BCUT2D eigenvalue weighted by Gasteiger charge is -2.38. The minimum absolute atomic E-state index is 0. The number of rotatable bonds is 6. The molecule has 25 heavy (non-hydrogen) atoms. The summed E-state index contributed by atoms with van der Waals surface area (Å²) >= 11 is 0. The number of phenols is 1. The van der Waals surface area contributed by atoms with Crippen LogP contribution in [0, 0.1) is 10.1 Å². The van der Waals surface area contributed by atoms with Gasteiger partial charge < -0.3 is 20.3 Å². The number of aliphatic hydroxyl groups is 1. The number of aromatic hydroxyl groups is 1. The second-order valence-corrected chi connectivity index (χ2v) is 5.46. The van der Waals surface area contributed by atoms with Crippen molar-refractivity contribution in [3.05, 3.63) is 27.8 Å². The highest BCUT2D eigenvalue weighted by Crippen LogP contribution is 2.43. The van der Waals surface area contributed by atoms with E-state index in [4.69, 9.17) is 9.84 Å². The fourth-order valence-corrected chi connectivity index (χ4v) is 2.82. The summed E-state index contributed by atoms with van der Waals surface area (Å²) in [5.74, 6) is -4.52. The molecule has 0 unspecified atom stereocenters. The first kappa shape index (κ1) is 21.3. The van der Waals surface area contributed by atoms with E-state index in [0.717, 1.165) is 12.1 Å². The molecule has 2 rings (SSSR count). The van der Waals surface area contributed by atoms with Crippen LogP contribution in [-0.4, -0.2) is 65.9 Å². The first-order valence-electron chi connectivity index (χ1n) is 7.30. The zero-order valence-corrected chi connectivity index (χ0v) is 14.3. The van der Waals surface area contributed by atoms with Gasteiger partial charge in [-0.1, -0.05) is 0 Å². The number of phenolic OH excluding ortho intramolecular Hbond substituents is 1. The molecule has 142 valence electrons. The van der Waals surface area contributed by atoms with E-state index >= 15 is 0 Å². The standard InChI is InChI=1S/C14H19F2N3O5.ClH/c1-24-11-7-9(6-10(12(11)21)19(22)23)13(14(15,16)8-20)18-4-2-17-3-5-18;/h6-7,13,17,20-21H,2-5,8H2,1H3;1H/t13-;/m0./s1. The van der Waals surface area contributed by atoms with Crippen molar-refractivity contribution in [2.24, 2.45) is 0 Å². The van der Waals surface area contributed by atoms with Crippen LogP contribution < -0.4 is 10.1 Å². The van der Waals surface area contributed by atoms with Crippen molar-refractivity contribution in [1.29, 1.82) is 0 Å². The number of aliphatic hydroxyl groups excluding tert-OH is 1. The number of halogens is 3. The third kappa shape index (κ3) is 4.46. The maximum Gasteiger partial charge on any atom is 0.314 e. The molecule has 8 nitrogen and oxygen atoms in total. The molecule has 1 aliphatic heterocycles. The molecule has 1 aromatic carbocycles. The molecule has 1 heterocycles. The molecule has 3 N–H and O–H groups in total. The summed E-state index contributed by atoms with van der Waals surface area (Å²) in [4.78, 5) is 11.7. The first-order chi connectivity index (χ1) is 11.3. The Bertz CT molecular complexity index is 614. The maximum atomic E-state index is 14.4. The number of piperazine rings is 1. The van der Waals surface area contributed by atoms with E-state index in [-0.39, 0.29) is 36.8 Å². The zero-order chi connectivity index (χ0) is 17.9. The summed E-state index contributed by atoms with van der Waals surface area (Å²) in [6, 6.07) is 0.463. The second-order valence-electron chi connectivity index (χ2n) is 5.46. The van der Waals surface area contributed by atoms with Gasteiger partial charge in [0.1, 0.15) is 12.6 Å². The van der Waals surface area contributed by atoms with Gasteiger partial charge in [-0.05, 0) is 11.6 Å². The number of nitrogens with one attached hydrogen (secondary N) is 1. The Morgan fingerprint density at radius 3 is 2.52 bits per heavy atom. The first-order valence-corrected chi connectivity index (χ1v) is 7.30. The third-order valence-electron chi connectivity index (χ3n) is 3.94. The van der Waals surface area contributed by atoms with E-state index in [1.807, 2.05) is 0 Å². The molecule has 0 amide bonds. The Balaban J connectivity index is 0.00000312. The van der Waals surface area contributed by atoms with Crippen LogP contribution in [0.15, 0.2) is 12.1 Å². The van der Waals surface area contributed by atoms with Crippen LogP contribution in [0.1, 0.15) is 11.6 Å². The molecule has 1 aliphatic rings. The van der Waals surface area contributed by atoms with Crippen molar-refractivity contribution in [3.63, 3.8) is 0 Å². The maximum absolute atomic E-state index is 14.4. The summed E-state index contributed by atoms with van der Waals surface area (Å²) in [5, 5.41) is 33.0. The van der Waals surface area contributed by atoms with Crippen molar-refractivity contribution in [2.75, 3.05) is 39.9 Å². The van der Waals surface area contributed by atoms with Gasteiger partial charge >= 0.3 is 5.69 Å². The normalized spacial score (nSPS) is 16.8. The summed E-state index contributed by atoms with van der Waals surface area (Å²) in [5.41, 5.74) is -0.824. The Labute approximate surface area is 148 Å². The van der Waals surface area contributed by atoms with Crippen molar-refractivity contribution in [2.45, 2.75) is 12.0 Å². The van der Waals surface area contributed by atoms with Crippen molar-refractivity contribution in [1.82, 2.24) is 10.2 Å². The topological polar surface area (TPSA) is 108 Å². The molecular weight excluding hydrogens is 364 g/mol. The third-order valence-corrected chi connectivity index (χ3v) is 3.94. The van der Waals surface area contributed by atoms with Crippen molar-refractivity contribution in [3.8, 4) is 11.5 Å². The van der Waals surface area contributed by atoms with Crippen LogP contribution in [0.25, 0.3) is 0 Å². The number of alkyl halides is 2. The minimum Gasteiger partial charge on any atom is -0.500 e. The van der Waals surface area contributed by atoms with Gasteiger partial charge in [0.15, 0.2) is 5.75 Å². The van der Waals surface area contributed by atoms with Crippen molar-refractivity contribution < 1.29 is 28.7 Å². The van der Waals surface area contributed by atoms with E-state index in [2.05, 4.69) is 5.32 Å². The molecule has 1 fully saturated rings. The van der Waals surface area contributed by atoms with Crippen LogP contribution in [0.3, 0.4) is 0 Å². The lowest BCUT2D eigenvalue weighted by molar-refractivity contribution is -0.386. The Hall–Kier alpha value is -1.75. The Morgan fingerprint density at radius 2 is 2.04 bits per heavy atom. The van der Waals surface area contributed by atoms with Gasteiger partial charge in [-0.2, -0.15) is 0 Å². The number of nitro benzene ring substituents is 1. The second kappa shape index (κ2) is 8.56. The van der Waals surface area contributed by atoms with Gasteiger partial charge in [-0.25, -0.2) is 8.78 Å². The monoisotopic (exact) mass is 383 g/mol. The number of hydrogen-bond donors (Lipinski definition) is 3. The van der Waals surface area contributed by atoms with E-state index < -0.39 is 34.9 Å². The van der Waals surface area contributed by atoms with E-state index in [1.165, 1.54) is 12.0 Å². The SMILES string of the molecule is COc1cc([C@H](N2CCNCC2)C(F)(F)CO)cc([N+](=O)[O-])c1O.Cl. The minimum atomic E-state index is -3.52. The molecule has 0 spiro atoms. The van der Waals surface area contributed by atoms with Gasteiger partial charge in [0.05, 0.1) is 12.0 Å². The van der Waals surface area contributed by atoms with Crippen LogP contribution >= 0.6 is 12.4 Å². The van der Waals surface area contributed by atoms with Gasteiger partial charge in [0.25, 0.3) is 5.92 Å². The number of hydrogen-bond acceptors (Lipinski definition) is 7. The fourth-order valence-electron chi connectivity index (χ4n) is 2.82. The van der Waals surface area contributed by atoms with E-state index in [0.29, 0.717) is 13.1 Å². The van der Waals surface area contributed by atoms with E-state index in [1.54, 1.807) is 0 Å². The number of ether oxygens (including phenoxy) is 1. The summed E-state index contributed by atoms with van der Waals surface area (Å²) in [6.07, 6.45) is 0. The molecule has 11 heteroatoms. The molecule has 1 atom stereocenters. The van der Waals surface area contributed by atoms with Crippen LogP contribution in [0.2, 0.25) is 0 Å². The molecule has 1 aromatic rings. The highest BCUT2D eigenvalue weighted by atomic mass is 35.5. The molecular formula is C14H20ClF2N3O5. The Morgan fingerprint density at radius 1 is 1.44 bits per heavy atom. The average molecular weight is 384 g/mol. The summed E-state index contributed by atoms with van der Waals surface area (Å²) in [7, 11) is 1.17. The predicted octanol–water partition coefficient (Wildman–Crippen LogP) is 1.30. The van der Waals surface area contributed by atoms with Crippen molar-refractivity contribution >= 4 is 18.1 Å². The summed E-state index contributed by atoms with van der Waals surface area (Å²) < 4.78 is 33.6. The highest BCUT2D eigenvalue weighted by Gasteiger charge is 2.45. The lowest BCUT2D eigenvalue weighted by Crippen LogP contribution is -2.51. The molecule has 0 bridgehead atoms. The summed E-state index contributed by atoms with van der Waals surface area (Å²) in [6.45, 7) is 0.137. The van der Waals surface area contributed by atoms with Crippen LogP contribution in [-0.2, 0) is 0 Å². The molecule has 0 saturated carbocycles. The molecule has 0 aliphatic carbocycles. The smallest absolute Gasteiger partial charge is 0.314 e. The molecule has 0 radical (unpaired) electrons. The predicted molar refractivity (Wildman–Crippen MR) is 87.8 cm³/mol. The van der Waals surface area contributed by atoms with Gasteiger partial charge in [-0.15, -0.1) is 12.4 Å². The fraction of sp³-hybridized carbons (Fsp3) is 0.571. The van der Waals surface area contributed by atoms with Gasteiger partial charge in [0.2, 0.25) is 5.75 Å². The zero-order valence-electron chi connectivity index (χ0n) is 13.4. The largest absolute Gasteiger partial charge is 0.500 e. The lowest BCUT2D eigenvalue weighted by atomic mass is 9.97. The van der Waals surface area contributed by atoms with Gasteiger partial charge in [-0.3, -0.25) is 15.0 Å². The number of benzene rings is 1. The number of nitrogens with zero attached hydrogens (tertiary/aromatic N) is 2. The highest BCUT2D eigenvalue weighted by molar-refractivity contribution is 5.85.